The lowest BCUT2D eigenvalue weighted by Gasteiger charge is -2.18. The molecule has 0 radical (unpaired) electrons. The molecule has 1 rings (SSSR count). The summed E-state index contributed by atoms with van der Waals surface area (Å²) in [6.45, 7) is 6.36. The summed E-state index contributed by atoms with van der Waals surface area (Å²) in [6.07, 6.45) is 2.29. The second-order valence-electron chi connectivity index (χ2n) is 4.99. The van der Waals surface area contributed by atoms with Crippen molar-refractivity contribution in [2.45, 2.75) is 27.2 Å². The molecule has 0 aliphatic carbocycles. The quantitative estimate of drug-likeness (QED) is 0.808. The largest absolute Gasteiger partial charge is 0.355 e. The van der Waals surface area contributed by atoms with E-state index in [2.05, 4.69) is 31.1 Å². The molecule has 0 spiro atoms. The molecule has 4 heteroatoms. The molecular weight excluding hydrogens is 224 g/mol. The van der Waals surface area contributed by atoms with Gasteiger partial charge in [-0.1, -0.05) is 32.4 Å². The van der Waals surface area contributed by atoms with Gasteiger partial charge in [-0.05, 0) is 23.5 Å². The number of carbonyl (C=O) groups is 1. The van der Waals surface area contributed by atoms with E-state index in [1.54, 1.807) is 13.1 Å². The third-order valence-electron chi connectivity index (χ3n) is 2.12. The van der Waals surface area contributed by atoms with E-state index in [0.29, 0.717) is 10.7 Å². The van der Waals surface area contributed by atoms with Crippen LogP contribution in [-0.4, -0.2) is 17.9 Å². The number of nitrogens with zero attached hydrogens (tertiary/aromatic N) is 1. The van der Waals surface area contributed by atoms with Crippen LogP contribution in [0.2, 0.25) is 5.15 Å². The average molecular weight is 241 g/mol. The van der Waals surface area contributed by atoms with Gasteiger partial charge < -0.3 is 5.32 Å². The number of nitrogens with one attached hydrogen (secondary N) is 1. The van der Waals surface area contributed by atoms with Crippen LogP contribution in [0.1, 0.15) is 36.7 Å². The van der Waals surface area contributed by atoms with Crippen LogP contribution in [0.3, 0.4) is 0 Å². The molecule has 1 N–H and O–H groups in total. The molecule has 0 atom stereocenters. The first-order chi connectivity index (χ1) is 7.33. The third-order valence-corrected chi connectivity index (χ3v) is 2.46. The lowest BCUT2D eigenvalue weighted by molar-refractivity contribution is 0.0962. The maximum Gasteiger partial charge on any atom is 0.252 e. The molecule has 1 amide bonds. The molecule has 1 aromatic heterocycles. The van der Waals surface area contributed by atoms with Gasteiger partial charge in [0, 0.05) is 13.2 Å². The van der Waals surface area contributed by atoms with Crippen LogP contribution in [0.4, 0.5) is 0 Å². The van der Waals surface area contributed by atoms with Gasteiger partial charge >= 0.3 is 0 Å². The smallest absolute Gasteiger partial charge is 0.252 e. The van der Waals surface area contributed by atoms with E-state index in [4.69, 9.17) is 11.6 Å². The lowest BCUT2D eigenvalue weighted by atomic mass is 9.88. The Morgan fingerprint density at radius 1 is 1.50 bits per heavy atom. The first-order valence-electron chi connectivity index (χ1n) is 5.20. The van der Waals surface area contributed by atoms with Crippen molar-refractivity contribution in [1.29, 1.82) is 0 Å². The van der Waals surface area contributed by atoms with Crippen molar-refractivity contribution in [1.82, 2.24) is 10.3 Å². The van der Waals surface area contributed by atoms with Gasteiger partial charge in [0.25, 0.3) is 5.91 Å². The average Bonchev–Trinajstić information content (AvgIpc) is 2.18. The van der Waals surface area contributed by atoms with Crippen LogP contribution < -0.4 is 5.32 Å². The van der Waals surface area contributed by atoms with E-state index >= 15 is 0 Å². The van der Waals surface area contributed by atoms with E-state index in [0.717, 1.165) is 12.0 Å². The Labute approximate surface area is 101 Å². The predicted molar refractivity (Wildman–Crippen MR) is 65.8 cm³/mol. The molecular formula is C12H17ClN2O. The molecule has 1 heterocycles. The molecule has 1 aromatic rings. The highest BCUT2D eigenvalue weighted by Gasteiger charge is 2.16. The fraction of sp³-hybridized carbons (Fsp3) is 0.500. The van der Waals surface area contributed by atoms with Gasteiger partial charge in [0.05, 0.1) is 5.56 Å². The molecule has 0 bridgehead atoms. The molecule has 3 nitrogen and oxygen atoms in total. The van der Waals surface area contributed by atoms with Crippen molar-refractivity contribution in [3.05, 3.63) is 28.5 Å². The second-order valence-corrected chi connectivity index (χ2v) is 5.35. The fourth-order valence-electron chi connectivity index (χ4n) is 1.46. The highest BCUT2D eigenvalue weighted by Crippen LogP contribution is 2.25. The van der Waals surface area contributed by atoms with Crippen molar-refractivity contribution in [3.8, 4) is 0 Å². The number of aromatic nitrogens is 1. The van der Waals surface area contributed by atoms with E-state index in [-0.39, 0.29) is 11.3 Å². The highest BCUT2D eigenvalue weighted by atomic mass is 35.5. The van der Waals surface area contributed by atoms with Crippen LogP contribution in [0, 0.1) is 5.41 Å². The van der Waals surface area contributed by atoms with Gasteiger partial charge in [0.15, 0.2) is 0 Å². The number of hydrogen-bond donors (Lipinski definition) is 1. The van der Waals surface area contributed by atoms with Crippen LogP contribution in [0.15, 0.2) is 12.3 Å². The molecule has 0 saturated carbocycles. The molecule has 0 aliphatic heterocycles. The topological polar surface area (TPSA) is 42.0 Å². The molecule has 0 fully saturated rings. The molecule has 16 heavy (non-hydrogen) atoms. The Balaban J connectivity index is 3.04. The highest BCUT2D eigenvalue weighted by molar-refractivity contribution is 6.30. The van der Waals surface area contributed by atoms with Gasteiger partial charge in [-0.15, -0.1) is 0 Å². The van der Waals surface area contributed by atoms with Crippen molar-refractivity contribution >= 4 is 17.5 Å². The Kier molecular flexibility index (Phi) is 3.92. The minimum Gasteiger partial charge on any atom is -0.355 e. The summed E-state index contributed by atoms with van der Waals surface area (Å²) in [7, 11) is 1.60. The van der Waals surface area contributed by atoms with Gasteiger partial charge in [-0.3, -0.25) is 4.79 Å². The monoisotopic (exact) mass is 240 g/mol. The van der Waals surface area contributed by atoms with E-state index in [1.807, 2.05) is 0 Å². The molecule has 0 aliphatic rings. The normalized spacial score (nSPS) is 11.3. The Bertz CT molecular complexity index is 396. The summed E-state index contributed by atoms with van der Waals surface area (Å²) in [6, 6.07) is 1.80. The van der Waals surface area contributed by atoms with Crippen molar-refractivity contribution in [2.75, 3.05) is 7.05 Å². The lowest BCUT2D eigenvalue weighted by Crippen LogP contribution is -2.19. The summed E-state index contributed by atoms with van der Waals surface area (Å²) >= 11 is 6.01. The minimum atomic E-state index is -0.140. The van der Waals surface area contributed by atoms with Crippen LogP contribution in [0.25, 0.3) is 0 Å². The summed E-state index contributed by atoms with van der Waals surface area (Å²) in [5.41, 5.74) is 1.58. The van der Waals surface area contributed by atoms with Crippen molar-refractivity contribution in [2.24, 2.45) is 5.41 Å². The van der Waals surface area contributed by atoms with Crippen LogP contribution in [-0.2, 0) is 6.42 Å². The maximum absolute atomic E-state index is 11.4. The SMILES string of the molecule is CNC(=O)c1cnc(Cl)c(CC(C)(C)C)c1. The number of pyridine rings is 1. The summed E-state index contributed by atoms with van der Waals surface area (Å²) < 4.78 is 0. The standard InChI is InChI=1S/C12H17ClN2O/c1-12(2,3)6-8-5-9(11(16)14-4)7-15-10(8)13/h5,7H,6H2,1-4H3,(H,14,16). The van der Waals surface area contributed by atoms with Crippen molar-refractivity contribution < 1.29 is 4.79 Å². The number of carbonyl (C=O) groups excluding carboxylic acids is 1. The van der Waals surface area contributed by atoms with Gasteiger partial charge in [0.2, 0.25) is 0 Å². The summed E-state index contributed by atoms with van der Waals surface area (Å²) in [5.74, 6) is -0.140. The second kappa shape index (κ2) is 4.83. The number of rotatable bonds is 2. The number of amides is 1. The van der Waals surface area contributed by atoms with E-state index < -0.39 is 0 Å². The zero-order valence-electron chi connectivity index (χ0n) is 10.1. The predicted octanol–water partition coefficient (Wildman–Crippen LogP) is 2.68. The fourth-order valence-corrected chi connectivity index (χ4v) is 1.63. The van der Waals surface area contributed by atoms with Crippen LogP contribution >= 0.6 is 11.6 Å². The first kappa shape index (κ1) is 13.0. The molecule has 0 aromatic carbocycles. The zero-order valence-corrected chi connectivity index (χ0v) is 10.9. The Morgan fingerprint density at radius 3 is 2.62 bits per heavy atom. The number of halogens is 1. The molecule has 0 unspecified atom stereocenters. The first-order valence-corrected chi connectivity index (χ1v) is 5.58. The van der Waals surface area contributed by atoms with Gasteiger partial charge in [-0.25, -0.2) is 4.98 Å². The van der Waals surface area contributed by atoms with Gasteiger partial charge in [-0.2, -0.15) is 0 Å². The van der Waals surface area contributed by atoms with E-state index in [1.165, 1.54) is 6.20 Å². The summed E-state index contributed by atoms with van der Waals surface area (Å²) in [5, 5.41) is 3.04. The molecule has 0 saturated heterocycles. The minimum absolute atomic E-state index is 0.118. The maximum atomic E-state index is 11.4. The van der Waals surface area contributed by atoms with Crippen molar-refractivity contribution in [3.63, 3.8) is 0 Å². The Hall–Kier alpha value is -1.09. The third kappa shape index (κ3) is 3.49. The zero-order chi connectivity index (χ0) is 12.3. The molecule has 88 valence electrons. The Morgan fingerprint density at radius 2 is 2.12 bits per heavy atom. The number of hydrogen-bond acceptors (Lipinski definition) is 2. The van der Waals surface area contributed by atoms with Gasteiger partial charge in [0.1, 0.15) is 5.15 Å². The van der Waals surface area contributed by atoms with E-state index in [9.17, 15) is 4.79 Å². The summed E-state index contributed by atoms with van der Waals surface area (Å²) in [4.78, 5) is 15.5. The van der Waals surface area contributed by atoms with Crippen LogP contribution in [0.5, 0.6) is 0 Å².